The van der Waals surface area contributed by atoms with E-state index in [1.807, 2.05) is 73.7 Å². The van der Waals surface area contributed by atoms with Crippen molar-refractivity contribution < 1.29 is 33.3 Å². The second-order valence-corrected chi connectivity index (χ2v) is 11.7. The van der Waals surface area contributed by atoms with Crippen LogP contribution in [0.3, 0.4) is 0 Å². The lowest BCUT2D eigenvalue weighted by Gasteiger charge is -2.07. The zero-order chi connectivity index (χ0) is 34.4. The summed E-state index contributed by atoms with van der Waals surface area (Å²) >= 11 is 1.17. The Hall–Kier alpha value is -4.89. The van der Waals surface area contributed by atoms with Gasteiger partial charge in [-0.25, -0.2) is 9.59 Å². The highest BCUT2D eigenvalue weighted by molar-refractivity contribution is 8.14. The fraction of sp³-hybridized carbons (Fsp3) is 0.282. The Morgan fingerprint density at radius 2 is 1.21 bits per heavy atom. The van der Waals surface area contributed by atoms with E-state index < -0.39 is 11.9 Å². The van der Waals surface area contributed by atoms with Crippen LogP contribution in [0.25, 0.3) is 6.08 Å². The molecule has 0 saturated heterocycles. The summed E-state index contributed by atoms with van der Waals surface area (Å²) in [7, 11) is 0. The van der Waals surface area contributed by atoms with Gasteiger partial charge in [0.25, 0.3) is 0 Å². The molecule has 0 unspecified atom stereocenters. The van der Waals surface area contributed by atoms with Gasteiger partial charge in [-0.05, 0) is 135 Å². The van der Waals surface area contributed by atoms with E-state index in [9.17, 15) is 14.4 Å². The number of nitrogens with zero attached hydrogens (tertiary/aromatic N) is 1. The first-order chi connectivity index (χ1) is 23.4. The number of aryl methyl sites for hydroxylation is 1. The highest BCUT2D eigenvalue weighted by atomic mass is 32.2. The third-order valence-electron chi connectivity index (χ3n) is 6.85. The lowest BCUT2D eigenvalue weighted by Crippen LogP contribution is -2.03. The van der Waals surface area contributed by atoms with Crippen LogP contribution in [0.5, 0.6) is 11.5 Å². The van der Waals surface area contributed by atoms with Gasteiger partial charge in [-0.15, -0.1) is 0 Å². The molecule has 0 radical (unpaired) electrons. The average Bonchev–Trinajstić information content (AvgIpc) is 3.10. The zero-order valence-electron chi connectivity index (χ0n) is 27.4. The largest absolute Gasteiger partial charge is 0.494 e. The summed E-state index contributed by atoms with van der Waals surface area (Å²) < 4.78 is 21.5. The summed E-state index contributed by atoms with van der Waals surface area (Å²) in [6, 6.07) is 21.1. The molecule has 252 valence electrons. The fourth-order valence-electron chi connectivity index (χ4n) is 4.23. The number of carbonyl (C=O) groups is 3. The molecule has 9 heteroatoms. The van der Waals surface area contributed by atoms with Crippen LogP contribution in [0, 0.1) is 6.92 Å². The number of unbranched alkanes of at least 4 members (excludes halogenated alkanes) is 4. The van der Waals surface area contributed by atoms with E-state index in [0.29, 0.717) is 26.4 Å². The summed E-state index contributed by atoms with van der Waals surface area (Å²) in [5.74, 6) is 0.764. The van der Waals surface area contributed by atoms with Gasteiger partial charge < -0.3 is 18.9 Å². The zero-order valence-corrected chi connectivity index (χ0v) is 28.3. The number of thioether (sulfide) groups is 1. The van der Waals surface area contributed by atoms with Crippen molar-refractivity contribution in [3.63, 3.8) is 0 Å². The maximum Gasteiger partial charge on any atom is 0.330 e. The molecule has 48 heavy (non-hydrogen) atoms. The normalized spacial score (nSPS) is 10.9. The minimum Gasteiger partial charge on any atom is -0.494 e. The number of hydrogen-bond donors (Lipinski definition) is 0. The molecule has 0 amide bonds. The average molecular weight is 670 g/mol. The van der Waals surface area contributed by atoms with Crippen molar-refractivity contribution in [1.82, 2.24) is 0 Å². The summed E-state index contributed by atoms with van der Waals surface area (Å²) in [6.45, 7) is 10.7. The molecule has 3 aromatic carbocycles. The molecule has 0 atom stereocenters. The van der Waals surface area contributed by atoms with E-state index in [1.165, 1.54) is 17.8 Å². The Kier molecular flexibility index (Phi) is 17.1. The Morgan fingerprint density at radius 3 is 1.73 bits per heavy atom. The Labute approximate surface area is 287 Å². The summed E-state index contributed by atoms with van der Waals surface area (Å²) in [6.07, 6.45) is 12.6. The first-order valence-corrected chi connectivity index (χ1v) is 16.8. The lowest BCUT2D eigenvalue weighted by molar-refractivity contribution is -0.138. The van der Waals surface area contributed by atoms with Crippen molar-refractivity contribution in [3.05, 3.63) is 115 Å². The Balaban J connectivity index is 1.36. The van der Waals surface area contributed by atoms with Crippen molar-refractivity contribution in [2.75, 3.05) is 26.4 Å². The molecule has 0 spiro atoms. The topological polar surface area (TPSA) is 100 Å². The van der Waals surface area contributed by atoms with Gasteiger partial charge in [0, 0.05) is 23.3 Å². The smallest absolute Gasteiger partial charge is 0.330 e. The number of benzene rings is 3. The van der Waals surface area contributed by atoms with Crippen LogP contribution < -0.4 is 9.47 Å². The maximum atomic E-state index is 12.6. The van der Waals surface area contributed by atoms with Gasteiger partial charge in [-0.1, -0.05) is 31.4 Å². The van der Waals surface area contributed by atoms with Crippen molar-refractivity contribution in [3.8, 4) is 11.5 Å². The summed E-state index contributed by atoms with van der Waals surface area (Å²) in [5, 5.41) is -0.0684. The summed E-state index contributed by atoms with van der Waals surface area (Å²) in [4.78, 5) is 40.1. The van der Waals surface area contributed by atoms with E-state index in [-0.39, 0.29) is 5.12 Å². The van der Waals surface area contributed by atoms with Crippen LogP contribution in [0.2, 0.25) is 0 Å². The molecular weight excluding hydrogens is 626 g/mol. The van der Waals surface area contributed by atoms with Crippen molar-refractivity contribution >= 4 is 46.8 Å². The second kappa shape index (κ2) is 21.8. The van der Waals surface area contributed by atoms with E-state index in [4.69, 9.17) is 18.9 Å². The van der Waals surface area contributed by atoms with Crippen LogP contribution in [0.1, 0.15) is 55.2 Å². The standard InChI is InChI=1S/C39H43NO7S/c1-4-37(41)46-26-10-6-8-24-44-33-17-12-31(13-18-33)16-23-39(43)48-35-21-22-36(30(3)28-35)40-29-32-14-19-34(20-15-32)45-25-9-7-11-27-47-38(42)5-2/h4-5,12-23,28-29H,1-2,6-11,24-27H2,3H3. The van der Waals surface area contributed by atoms with Gasteiger partial charge in [-0.3, -0.25) is 9.79 Å². The number of rotatable bonds is 21. The molecule has 3 rings (SSSR count). The number of carbonyl (C=O) groups excluding carboxylic acids is 3. The SMILES string of the molecule is C=CC(=O)OCCCCCOc1ccc(C=CC(=O)Sc2ccc(N=Cc3ccc(OCCCCCOC(=O)C=C)cc3)c(C)c2)cc1. The Morgan fingerprint density at radius 1 is 0.688 bits per heavy atom. The lowest BCUT2D eigenvalue weighted by atomic mass is 10.2. The third-order valence-corrected chi connectivity index (χ3v) is 7.68. The van der Waals surface area contributed by atoms with Crippen molar-refractivity contribution in [1.29, 1.82) is 0 Å². The molecule has 0 aliphatic carbocycles. The van der Waals surface area contributed by atoms with Gasteiger partial charge in [0.05, 0.1) is 32.1 Å². The van der Waals surface area contributed by atoms with Gasteiger partial charge in [-0.2, -0.15) is 0 Å². The molecular formula is C39H43NO7S. The monoisotopic (exact) mass is 669 g/mol. The molecule has 8 nitrogen and oxygen atoms in total. The molecule has 0 heterocycles. The minimum atomic E-state index is -0.397. The maximum absolute atomic E-state index is 12.6. The van der Waals surface area contributed by atoms with Gasteiger partial charge in [0.2, 0.25) is 5.12 Å². The summed E-state index contributed by atoms with van der Waals surface area (Å²) in [5.41, 5.74) is 3.66. The minimum absolute atomic E-state index is 0.0684. The van der Waals surface area contributed by atoms with Crippen LogP contribution in [0.4, 0.5) is 5.69 Å². The van der Waals surface area contributed by atoms with Gasteiger partial charge in [0.1, 0.15) is 11.5 Å². The van der Waals surface area contributed by atoms with E-state index in [1.54, 1.807) is 18.4 Å². The van der Waals surface area contributed by atoms with Crippen molar-refractivity contribution in [2.45, 2.75) is 50.3 Å². The fourth-order valence-corrected chi connectivity index (χ4v) is 4.97. The quantitative estimate of drug-likeness (QED) is 0.0365. The molecule has 0 fully saturated rings. The molecule has 0 aliphatic heterocycles. The van der Waals surface area contributed by atoms with Crippen LogP contribution in [-0.4, -0.2) is 49.7 Å². The van der Waals surface area contributed by atoms with E-state index >= 15 is 0 Å². The predicted octanol–water partition coefficient (Wildman–Crippen LogP) is 8.63. The molecule has 0 bridgehead atoms. The number of esters is 2. The number of ether oxygens (including phenoxy) is 4. The highest BCUT2D eigenvalue weighted by Crippen LogP contribution is 2.27. The van der Waals surface area contributed by atoms with Gasteiger partial charge in [0.15, 0.2) is 0 Å². The number of aliphatic imine (C=N–C) groups is 1. The van der Waals surface area contributed by atoms with Crippen LogP contribution >= 0.6 is 11.8 Å². The third kappa shape index (κ3) is 15.1. The predicted molar refractivity (Wildman–Crippen MR) is 192 cm³/mol. The van der Waals surface area contributed by atoms with E-state index in [0.717, 1.165) is 83.4 Å². The number of hydrogen-bond acceptors (Lipinski definition) is 9. The highest BCUT2D eigenvalue weighted by Gasteiger charge is 2.05. The second-order valence-electron chi connectivity index (χ2n) is 10.7. The van der Waals surface area contributed by atoms with E-state index in [2.05, 4.69) is 18.2 Å². The molecule has 0 N–H and O–H groups in total. The molecule has 0 aliphatic rings. The molecule has 0 aromatic heterocycles. The first-order valence-electron chi connectivity index (χ1n) is 15.9. The molecule has 0 saturated carbocycles. The Bertz CT molecular complexity index is 1550. The van der Waals surface area contributed by atoms with Crippen LogP contribution in [0.15, 0.2) is 108 Å². The molecule has 3 aromatic rings. The van der Waals surface area contributed by atoms with Gasteiger partial charge >= 0.3 is 11.9 Å². The van der Waals surface area contributed by atoms with Crippen molar-refractivity contribution in [2.24, 2.45) is 4.99 Å². The van der Waals surface area contributed by atoms with Crippen LogP contribution in [-0.2, 0) is 23.9 Å². The first kappa shape index (κ1) is 37.6.